The highest BCUT2D eigenvalue weighted by molar-refractivity contribution is 7.52. The van der Waals surface area contributed by atoms with Crippen molar-refractivity contribution in [2.75, 3.05) is 78.4 Å². The van der Waals surface area contributed by atoms with Crippen LogP contribution < -0.4 is 0 Å². The average Bonchev–Trinajstić information content (AvgIpc) is 4.00. The van der Waals surface area contributed by atoms with Crippen LogP contribution in [0.2, 0.25) is 0 Å². The summed E-state index contributed by atoms with van der Waals surface area (Å²) in [5.41, 5.74) is 1.98. The van der Waals surface area contributed by atoms with Gasteiger partial charge in [0.2, 0.25) is 0 Å². The Morgan fingerprint density at radius 2 is 0.764 bits per heavy atom. The van der Waals surface area contributed by atoms with E-state index in [1.54, 1.807) is 12.4 Å². The number of rotatable bonds is 41. The van der Waals surface area contributed by atoms with Crippen LogP contribution in [-0.2, 0) is 73.0 Å². The predicted molar refractivity (Wildman–Crippen MR) is 254 cm³/mol. The molecule has 0 radical (unpaired) electrons. The molecule has 2 aliphatic heterocycles. The summed E-state index contributed by atoms with van der Waals surface area (Å²) in [5, 5.41) is 77.5. The molecule has 0 unspecified atom stereocenters. The molecule has 418 valence electrons. The van der Waals surface area contributed by atoms with Crippen LogP contribution >= 0.6 is 15.2 Å². The van der Waals surface area contributed by atoms with Crippen molar-refractivity contribution in [1.82, 2.24) is 30.0 Å². The molecule has 10 atom stereocenters. The molecule has 10 N–H and O–H groups in total. The summed E-state index contributed by atoms with van der Waals surface area (Å²) in [6.07, 6.45) is -0.497. The lowest BCUT2D eigenvalue weighted by Gasteiger charge is -2.40. The Morgan fingerprint density at radius 3 is 1.10 bits per heavy atom. The fourth-order valence-electron chi connectivity index (χ4n) is 7.97. The number of aliphatic hydroxyl groups excluding tert-OH is 6. The van der Waals surface area contributed by atoms with E-state index in [1.807, 2.05) is 9.36 Å². The van der Waals surface area contributed by atoms with E-state index in [4.69, 9.17) is 57.5 Å². The van der Waals surface area contributed by atoms with Crippen molar-refractivity contribution in [2.45, 2.75) is 177 Å². The fraction of sp³-hybridized carbons (Fsp3) is 0.909. The van der Waals surface area contributed by atoms with Gasteiger partial charge in [0.15, 0.2) is 12.6 Å². The second kappa shape index (κ2) is 34.6. The van der Waals surface area contributed by atoms with Crippen LogP contribution in [0.25, 0.3) is 0 Å². The van der Waals surface area contributed by atoms with E-state index in [2.05, 4.69) is 20.6 Å². The van der Waals surface area contributed by atoms with Gasteiger partial charge >= 0.3 is 15.2 Å². The maximum Gasteiger partial charge on any atom is 0.325 e. The summed E-state index contributed by atoms with van der Waals surface area (Å²) in [6, 6.07) is 0. The van der Waals surface area contributed by atoms with E-state index < -0.39 is 88.9 Å². The van der Waals surface area contributed by atoms with E-state index >= 15 is 0 Å². The minimum Gasteiger partial charge on any atom is -0.388 e. The molecule has 2 aliphatic rings. The fourth-order valence-corrected chi connectivity index (χ4v) is 9.15. The van der Waals surface area contributed by atoms with Crippen LogP contribution in [0.4, 0.5) is 0 Å². The Hall–Kier alpha value is -1.98. The van der Waals surface area contributed by atoms with Gasteiger partial charge in [-0.15, -0.1) is 10.2 Å². The first-order valence-electron chi connectivity index (χ1n) is 25.3. The molecule has 4 rings (SSSR count). The summed E-state index contributed by atoms with van der Waals surface area (Å²) in [7, 11) is -8.66. The first-order valence-corrected chi connectivity index (χ1v) is 28.9. The van der Waals surface area contributed by atoms with E-state index in [0.717, 1.165) is 75.6 Å². The van der Waals surface area contributed by atoms with E-state index in [1.165, 1.54) is 0 Å². The van der Waals surface area contributed by atoms with Gasteiger partial charge in [0.1, 0.15) is 36.6 Å². The zero-order valence-electron chi connectivity index (χ0n) is 41.3. The second-order valence-electron chi connectivity index (χ2n) is 18.2. The van der Waals surface area contributed by atoms with Gasteiger partial charge in [-0.2, -0.15) is 0 Å². The maximum atomic E-state index is 11.2. The maximum absolute atomic E-state index is 11.2. The third kappa shape index (κ3) is 24.8. The lowest BCUT2D eigenvalue weighted by atomic mass is 9.97. The quantitative estimate of drug-likeness (QED) is 0.0314. The molecule has 0 spiro atoms. The van der Waals surface area contributed by atoms with Crippen molar-refractivity contribution in [3.63, 3.8) is 0 Å². The molecule has 0 aromatic carbocycles. The Balaban J connectivity index is 0.871. The molecule has 4 heterocycles. The molecule has 0 aliphatic carbocycles. The van der Waals surface area contributed by atoms with Crippen molar-refractivity contribution >= 4 is 15.2 Å². The number of aromatic nitrogens is 6. The van der Waals surface area contributed by atoms with Crippen molar-refractivity contribution in [1.29, 1.82) is 0 Å². The van der Waals surface area contributed by atoms with Crippen LogP contribution in [0.5, 0.6) is 0 Å². The van der Waals surface area contributed by atoms with E-state index in [0.29, 0.717) is 91.6 Å². The van der Waals surface area contributed by atoms with Gasteiger partial charge in [-0.1, -0.05) is 10.4 Å². The lowest BCUT2D eigenvalue weighted by Crippen LogP contribution is -2.58. The summed E-state index contributed by atoms with van der Waals surface area (Å²) in [5.74, 6) is 0. The Labute approximate surface area is 420 Å². The van der Waals surface area contributed by atoms with Gasteiger partial charge in [0.05, 0.1) is 48.3 Å². The summed E-state index contributed by atoms with van der Waals surface area (Å²) >= 11 is 0. The topological polar surface area (TPSA) is 372 Å². The minimum atomic E-state index is -4.33. The van der Waals surface area contributed by atoms with Crippen LogP contribution in [0.3, 0.4) is 0 Å². The van der Waals surface area contributed by atoms with Crippen molar-refractivity contribution < 1.29 is 97.2 Å². The van der Waals surface area contributed by atoms with Gasteiger partial charge < -0.3 is 88.1 Å². The normalized spacial score (nSPS) is 25.1. The summed E-state index contributed by atoms with van der Waals surface area (Å²) in [6.45, 7) is 6.94. The molecular weight excluding hydrogens is 994 g/mol. The molecule has 2 fully saturated rings. The van der Waals surface area contributed by atoms with Gasteiger partial charge in [-0.25, -0.2) is 9.36 Å². The molecular formula is C44H82N6O20P2. The first kappa shape index (κ1) is 62.6. The summed E-state index contributed by atoms with van der Waals surface area (Å²) in [4.78, 5) is 36.5. The monoisotopic (exact) mass is 1080 g/mol. The molecule has 0 saturated carbocycles. The smallest absolute Gasteiger partial charge is 0.325 e. The van der Waals surface area contributed by atoms with E-state index in [9.17, 15) is 39.8 Å². The molecule has 0 bridgehead atoms. The zero-order valence-corrected chi connectivity index (χ0v) is 43.1. The third-order valence-electron chi connectivity index (χ3n) is 12.2. The number of ether oxygens (including phenoxy) is 8. The van der Waals surface area contributed by atoms with E-state index in [-0.39, 0.29) is 26.1 Å². The Morgan fingerprint density at radius 1 is 0.444 bits per heavy atom. The standard InChI is InChI=1S/C44H82N6O20P2/c51-37-35(15-29-71(57,58)59)69-43(41(55)39(37)53)67-27-3-1-17-49-33(31-45-47-49)13-11-25-65-23-9-7-21-63-19-5-6-20-64-22-8-10-24-66-26-12-14-34-32-46-48-50(34)18-2-4-28-68-44-42(56)40(54)38(52)36(70-44)16-30-72(60,61)62/h31-32,35-44,51-56H,1-30H2,(H2,57,58,59)(H2,60,61,62)/t35-,36-,37-,38-,39+,40+,41+,42+,43+,44+/m1/s1. The molecule has 2 saturated heterocycles. The number of hydrogen-bond acceptors (Lipinski definition) is 20. The van der Waals surface area contributed by atoms with Gasteiger partial charge in [0.25, 0.3) is 0 Å². The number of aliphatic hydroxyl groups is 6. The summed E-state index contributed by atoms with van der Waals surface area (Å²) < 4.78 is 71.5. The van der Waals surface area contributed by atoms with Gasteiger partial charge in [-0.3, -0.25) is 9.13 Å². The SMILES string of the molecule is O=P(O)(O)CC[C@H]1O[C@H](OCCCCn2nncc2CCCOCCCCOCCCCOCCCCOCCCc2cnnn2CCCCO[C@H]2O[C@H](CCP(=O)(O)O)[C@@H](O)[C@H](O)[C@@H]2O)[C@@H](O)[C@@H](O)[C@@H]1O. The van der Waals surface area contributed by atoms with Crippen LogP contribution in [0.15, 0.2) is 12.4 Å². The molecule has 2 aromatic heterocycles. The highest BCUT2D eigenvalue weighted by Crippen LogP contribution is 2.38. The van der Waals surface area contributed by atoms with Crippen LogP contribution in [0.1, 0.15) is 101 Å². The third-order valence-corrected chi connectivity index (χ3v) is 13.8. The number of unbranched alkanes of at least 4 members (excludes halogenated alkanes) is 5. The van der Waals surface area contributed by atoms with Crippen LogP contribution in [-0.4, -0.2) is 220 Å². The number of aryl methyl sites for hydroxylation is 4. The number of nitrogens with zero attached hydrogens (tertiary/aromatic N) is 6. The predicted octanol–water partition coefficient (Wildman–Crippen LogP) is 0.186. The largest absolute Gasteiger partial charge is 0.388 e. The first-order chi connectivity index (χ1) is 34.5. The molecule has 28 heteroatoms. The zero-order chi connectivity index (χ0) is 52.2. The molecule has 26 nitrogen and oxygen atoms in total. The average molecular weight is 1080 g/mol. The number of hydrogen-bond donors (Lipinski definition) is 10. The highest BCUT2D eigenvalue weighted by atomic mass is 31.2. The lowest BCUT2D eigenvalue weighted by molar-refractivity contribution is -0.297. The van der Waals surface area contributed by atoms with Gasteiger partial charge in [-0.05, 0) is 103 Å². The Bertz CT molecular complexity index is 1680. The minimum absolute atomic E-state index is 0.189. The van der Waals surface area contributed by atoms with Crippen molar-refractivity contribution in [3.8, 4) is 0 Å². The Kier molecular flexibility index (Phi) is 30.1. The van der Waals surface area contributed by atoms with Crippen LogP contribution in [0, 0.1) is 0 Å². The molecule has 72 heavy (non-hydrogen) atoms. The molecule has 0 amide bonds. The van der Waals surface area contributed by atoms with Gasteiger partial charge in [0, 0.05) is 79.2 Å². The van der Waals surface area contributed by atoms with Crippen molar-refractivity contribution in [2.24, 2.45) is 0 Å². The highest BCUT2D eigenvalue weighted by Gasteiger charge is 2.45. The van der Waals surface area contributed by atoms with Crippen molar-refractivity contribution in [3.05, 3.63) is 23.8 Å². The second-order valence-corrected chi connectivity index (χ2v) is 21.8. The molecule has 2 aromatic rings.